The Bertz CT molecular complexity index is 423. The summed E-state index contributed by atoms with van der Waals surface area (Å²) in [7, 11) is 1.61. The van der Waals surface area contributed by atoms with Crippen LogP contribution in [0.15, 0.2) is 24.3 Å². The Hall–Kier alpha value is -1.51. The van der Waals surface area contributed by atoms with Crippen molar-refractivity contribution in [1.29, 1.82) is 0 Å². The molecule has 1 aromatic carbocycles. The van der Waals surface area contributed by atoms with Gasteiger partial charge in [-0.15, -0.1) is 0 Å². The van der Waals surface area contributed by atoms with Crippen molar-refractivity contribution in [2.45, 2.75) is 44.9 Å². The molecule has 110 valence electrons. The second-order valence-corrected chi connectivity index (χ2v) is 5.63. The van der Waals surface area contributed by atoms with E-state index in [9.17, 15) is 4.79 Å². The molecule has 1 saturated carbocycles. The van der Waals surface area contributed by atoms with Crippen LogP contribution in [0.3, 0.4) is 0 Å². The minimum Gasteiger partial charge on any atom is -0.497 e. The highest BCUT2D eigenvalue weighted by Gasteiger charge is 2.13. The minimum absolute atomic E-state index is 0.00229. The molecule has 0 heterocycles. The predicted molar refractivity (Wildman–Crippen MR) is 81.1 cm³/mol. The van der Waals surface area contributed by atoms with Crippen molar-refractivity contribution in [1.82, 2.24) is 5.32 Å². The summed E-state index contributed by atoms with van der Waals surface area (Å²) in [5.41, 5.74) is 0.671. The molecule has 0 unspecified atom stereocenters. The van der Waals surface area contributed by atoms with E-state index in [1.54, 1.807) is 13.2 Å². The summed E-state index contributed by atoms with van der Waals surface area (Å²) in [6, 6.07) is 7.30. The second-order valence-electron chi connectivity index (χ2n) is 5.63. The molecule has 0 radical (unpaired) electrons. The average molecular weight is 275 g/mol. The lowest BCUT2D eigenvalue weighted by Crippen LogP contribution is -2.25. The van der Waals surface area contributed by atoms with Gasteiger partial charge in [-0.2, -0.15) is 0 Å². The Balaban J connectivity index is 1.76. The predicted octanol–water partition coefficient (Wildman–Crippen LogP) is 3.79. The molecule has 1 fully saturated rings. The number of hydrogen-bond donors (Lipinski definition) is 1. The highest BCUT2D eigenvalue weighted by atomic mass is 16.5. The first-order chi connectivity index (χ1) is 9.79. The number of ether oxygens (including phenoxy) is 1. The van der Waals surface area contributed by atoms with E-state index in [0.29, 0.717) is 5.56 Å². The SMILES string of the molecule is COc1cccc(C(=O)NCCC2CCCCCC2)c1. The van der Waals surface area contributed by atoms with Crippen molar-refractivity contribution in [3.05, 3.63) is 29.8 Å². The zero-order chi connectivity index (χ0) is 14.2. The smallest absolute Gasteiger partial charge is 0.251 e. The molecule has 3 nitrogen and oxygen atoms in total. The third kappa shape index (κ3) is 4.55. The standard InChI is InChI=1S/C17H25NO2/c1-20-16-10-6-9-15(13-16)17(19)18-12-11-14-7-4-2-3-5-8-14/h6,9-10,13-14H,2-5,7-8,11-12H2,1H3,(H,18,19). The second kappa shape index (κ2) is 7.93. The maximum absolute atomic E-state index is 12.1. The minimum atomic E-state index is -0.00229. The maximum Gasteiger partial charge on any atom is 0.251 e. The number of methoxy groups -OCH3 is 1. The normalized spacial score (nSPS) is 16.4. The Labute approximate surface area is 121 Å². The molecular formula is C17H25NO2. The molecular weight excluding hydrogens is 250 g/mol. The zero-order valence-corrected chi connectivity index (χ0v) is 12.4. The third-order valence-electron chi connectivity index (χ3n) is 4.14. The number of benzene rings is 1. The summed E-state index contributed by atoms with van der Waals surface area (Å²) < 4.78 is 5.14. The van der Waals surface area contributed by atoms with Gasteiger partial charge in [-0.1, -0.05) is 44.6 Å². The lowest BCUT2D eigenvalue weighted by molar-refractivity contribution is 0.0950. The molecule has 0 bridgehead atoms. The Morgan fingerprint density at radius 1 is 1.25 bits per heavy atom. The van der Waals surface area contributed by atoms with Crippen molar-refractivity contribution in [3.63, 3.8) is 0 Å². The molecule has 1 aliphatic carbocycles. The summed E-state index contributed by atoms with van der Waals surface area (Å²) >= 11 is 0. The van der Waals surface area contributed by atoms with Crippen LogP contribution in [-0.2, 0) is 0 Å². The number of rotatable bonds is 5. The Morgan fingerprint density at radius 2 is 2.00 bits per heavy atom. The van der Waals surface area contributed by atoms with Gasteiger partial charge in [0.15, 0.2) is 0 Å². The molecule has 20 heavy (non-hydrogen) atoms. The van der Waals surface area contributed by atoms with Crippen LogP contribution in [-0.4, -0.2) is 19.6 Å². The average Bonchev–Trinajstić information content (AvgIpc) is 2.76. The van der Waals surface area contributed by atoms with Gasteiger partial charge in [0.25, 0.3) is 5.91 Å². The van der Waals surface area contributed by atoms with E-state index < -0.39 is 0 Å². The monoisotopic (exact) mass is 275 g/mol. The molecule has 1 aliphatic rings. The lowest BCUT2D eigenvalue weighted by Gasteiger charge is -2.14. The van der Waals surface area contributed by atoms with E-state index in [1.807, 2.05) is 18.2 Å². The molecule has 1 aromatic rings. The van der Waals surface area contributed by atoms with Crippen molar-refractivity contribution in [2.24, 2.45) is 5.92 Å². The van der Waals surface area contributed by atoms with Crippen LogP contribution in [0.4, 0.5) is 0 Å². The summed E-state index contributed by atoms with van der Waals surface area (Å²) in [5, 5.41) is 3.02. The fourth-order valence-corrected chi connectivity index (χ4v) is 2.91. The van der Waals surface area contributed by atoms with Crippen molar-refractivity contribution in [3.8, 4) is 5.75 Å². The van der Waals surface area contributed by atoms with Gasteiger partial charge >= 0.3 is 0 Å². The molecule has 2 rings (SSSR count). The first kappa shape index (κ1) is 14.9. The summed E-state index contributed by atoms with van der Waals surface area (Å²) in [6.45, 7) is 0.778. The van der Waals surface area contributed by atoms with Crippen molar-refractivity contribution >= 4 is 5.91 Å². The highest BCUT2D eigenvalue weighted by Crippen LogP contribution is 2.24. The third-order valence-corrected chi connectivity index (χ3v) is 4.14. The molecule has 3 heteroatoms. The van der Waals surface area contributed by atoms with Crippen LogP contribution in [0.5, 0.6) is 5.75 Å². The van der Waals surface area contributed by atoms with Crippen LogP contribution in [0.25, 0.3) is 0 Å². The summed E-state index contributed by atoms with van der Waals surface area (Å²) in [5.74, 6) is 1.52. The maximum atomic E-state index is 12.1. The van der Waals surface area contributed by atoms with Gasteiger partial charge in [-0.3, -0.25) is 4.79 Å². The number of nitrogens with one attached hydrogen (secondary N) is 1. The van der Waals surface area contributed by atoms with E-state index in [1.165, 1.54) is 38.5 Å². The Kier molecular flexibility index (Phi) is 5.90. The fraction of sp³-hybridized carbons (Fsp3) is 0.588. The Morgan fingerprint density at radius 3 is 2.70 bits per heavy atom. The number of carbonyl (C=O) groups excluding carboxylic acids is 1. The molecule has 0 aliphatic heterocycles. The highest BCUT2D eigenvalue weighted by molar-refractivity contribution is 5.94. The van der Waals surface area contributed by atoms with E-state index in [-0.39, 0.29) is 5.91 Å². The van der Waals surface area contributed by atoms with E-state index in [0.717, 1.165) is 24.6 Å². The van der Waals surface area contributed by atoms with Crippen LogP contribution in [0.1, 0.15) is 55.3 Å². The van der Waals surface area contributed by atoms with Crippen molar-refractivity contribution in [2.75, 3.05) is 13.7 Å². The van der Waals surface area contributed by atoms with E-state index in [4.69, 9.17) is 4.74 Å². The zero-order valence-electron chi connectivity index (χ0n) is 12.4. The molecule has 0 atom stereocenters. The van der Waals surface area contributed by atoms with Gasteiger partial charge in [0.1, 0.15) is 5.75 Å². The first-order valence-corrected chi connectivity index (χ1v) is 7.72. The van der Waals surface area contributed by atoms with Gasteiger partial charge in [0, 0.05) is 12.1 Å². The van der Waals surface area contributed by atoms with Gasteiger partial charge in [0.2, 0.25) is 0 Å². The molecule has 1 N–H and O–H groups in total. The molecule has 0 saturated heterocycles. The molecule has 0 aromatic heterocycles. The summed E-state index contributed by atoms with van der Waals surface area (Å²) in [4.78, 5) is 12.1. The number of hydrogen-bond acceptors (Lipinski definition) is 2. The largest absolute Gasteiger partial charge is 0.497 e. The van der Waals surface area contributed by atoms with Crippen LogP contribution in [0, 0.1) is 5.92 Å². The number of carbonyl (C=O) groups is 1. The number of amides is 1. The van der Waals surface area contributed by atoms with E-state index in [2.05, 4.69) is 5.32 Å². The summed E-state index contributed by atoms with van der Waals surface area (Å²) in [6.07, 6.45) is 9.24. The van der Waals surface area contributed by atoms with Crippen molar-refractivity contribution < 1.29 is 9.53 Å². The van der Waals surface area contributed by atoms with E-state index >= 15 is 0 Å². The van der Waals surface area contributed by atoms with Crippen LogP contribution >= 0.6 is 0 Å². The van der Waals surface area contributed by atoms with Crippen LogP contribution < -0.4 is 10.1 Å². The first-order valence-electron chi connectivity index (χ1n) is 7.72. The van der Waals surface area contributed by atoms with Crippen LogP contribution in [0.2, 0.25) is 0 Å². The molecule has 1 amide bonds. The topological polar surface area (TPSA) is 38.3 Å². The fourth-order valence-electron chi connectivity index (χ4n) is 2.91. The van der Waals surface area contributed by atoms with Gasteiger partial charge in [-0.25, -0.2) is 0 Å². The van der Waals surface area contributed by atoms with Gasteiger partial charge in [-0.05, 0) is 30.5 Å². The lowest BCUT2D eigenvalue weighted by atomic mass is 9.97. The van der Waals surface area contributed by atoms with Gasteiger partial charge in [0.05, 0.1) is 7.11 Å². The quantitative estimate of drug-likeness (QED) is 0.830. The van der Waals surface area contributed by atoms with Gasteiger partial charge < -0.3 is 10.1 Å². The molecule has 0 spiro atoms.